The summed E-state index contributed by atoms with van der Waals surface area (Å²) in [6, 6.07) is 8.17. The molecule has 0 aromatic heterocycles. The van der Waals surface area contributed by atoms with Crippen molar-refractivity contribution in [3.05, 3.63) is 29.8 Å². The molecule has 0 aliphatic rings. The molecule has 5 heteroatoms. The van der Waals surface area contributed by atoms with E-state index in [2.05, 4.69) is 54.8 Å². The highest BCUT2D eigenvalue weighted by Crippen LogP contribution is 2.15. The van der Waals surface area contributed by atoms with Crippen LogP contribution in [0.2, 0.25) is 0 Å². The van der Waals surface area contributed by atoms with E-state index in [9.17, 15) is 0 Å². The van der Waals surface area contributed by atoms with Crippen molar-refractivity contribution < 1.29 is 4.74 Å². The fourth-order valence-electron chi connectivity index (χ4n) is 1.78. The molecule has 0 fully saturated rings. The van der Waals surface area contributed by atoms with Gasteiger partial charge in [-0.3, -0.25) is 0 Å². The Morgan fingerprint density at radius 1 is 1.32 bits per heavy atom. The van der Waals surface area contributed by atoms with Crippen LogP contribution in [0.3, 0.4) is 0 Å². The average molecular weight is 324 g/mol. The Morgan fingerprint density at radius 2 is 2.14 bits per heavy atom. The Hall–Kier alpha value is -1.36. The monoisotopic (exact) mass is 323 g/mol. The minimum Gasteiger partial charge on any atom is -0.493 e. The summed E-state index contributed by atoms with van der Waals surface area (Å²) < 4.78 is 5.76. The molecule has 0 amide bonds. The molecule has 0 unspecified atom stereocenters. The second-order valence-electron chi connectivity index (χ2n) is 5.47. The van der Waals surface area contributed by atoms with Gasteiger partial charge in [-0.25, -0.2) is 4.99 Å². The minimum atomic E-state index is 0.530. The highest BCUT2D eigenvalue weighted by atomic mass is 32.2. The first-order chi connectivity index (χ1) is 10.7. The largest absolute Gasteiger partial charge is 0.493 e. The number of benzene rings is 1. The molecule has 0 spiro atoms. The van der Waals surface area contributed by atoms with Gasteiger partial charge in [-0.1, -0.05) is 26.0 Å². The lowest BCUT2D eigenvalue weighted by Crippen LogP contribution is -2.38. The number of nitrogens with zero attached hydrogens (tertiary/aromatic N) is 1. The summed E-state index contributed by atoms with van der Waals surface area (Å²) in [4.78, 5) is 4.62. The van der Waals surface area contributed by atoms with E-state index in [1.54, 1.807) is 0 Å². The van der Waals surface area contributed by atoms with Crippen molar-refractivity contribution in [3.8, 4) is 5.75 Å². The first-order valence-electron chi connectivity index (χ1n) is 7.88. The molecule has 0 aliphatic carbocycles. The maximum Gasteiger partial charge on any atom is 0.191 e. The van der Waals surface area contributed by atoms with Gasteiger partial charge in [0.15, 0.2) is 5.96 Å². The van der Waals surface area contributed by atoms with E-state index in [0.29, 0.717) is 12.5 Å². The summed E-state index contributed by atoms with van der Waals surface area (Å²) in [5.41, 5.74) is 1.16. The normalized spacial score (nSPS) is 11.6. The Morgan fingerprint density at radius 3 is 2.82 bits per heavy atom. The van der Waals surface area contributed by atoms with Gasteiger partial charge in [0, 0.05) is 18.8 Å². The van der Waals surface area contributed by atoms with Crippen LogP contribution in [0.15, 0.2) is 29.3 Å². The van der Waals surface area contributed by atoms with Crippen molar-refractivity contribution in [2.45, 2.75) is 27.3 Å². The fourth-order valence-corrected chi connectivity index (χ4v) is 2.09. The van der Waals surface area contributed by atoms with E-state index in [0.717, 1.165) is 42.7 Å². The lowest BCUT2D eigenvalue weighted by molar-refractivity contribution is 0.271. The summed E-state index contributed by atoms with van der Waals surface area (Å²) in [5, 5.41) is 6.60. The van der Waals surface area contributed by atoms with Crippen molar-refractivity contribution in [2.24, 2.45) is 10.9 Å². The Bertz CT molecular complexity index is 449. The van der Waals surface area contributed by atoms with Crippen LogP contribution in [-0.2, 0) is 6.54 Å². The third-order valence-electron chi connectivity index (χ3n) is 2.84. The molecule has 2 N–H and O–H groups in total. The van der Waals surface area contributed by atoms with E-state index in [1.165, 1.54) is 0 Å². The van der Waals surface area contributed by atoms with Crippen LogP contribution in [0.25, 0.3) is 0 Å². The van der Waals surface area contributed by atoms with Crippen molar-refractivity contribution in [1.82, 2.24) is 10.6 Å². The summed E-state index contributed by atoms with van der Waals surface area (Å²) in [7, 11) is 0. The molecule has 0 bridgehead atoms. The van der Waals surface area contributed by atoms with E-state index in [4.69, 9.17) is 4.74 Å². The standard InChI is InChI=1S/C17H29N3OS/c1-5-18-17(19-9-10-22-4)20-12-15-7-6-8-16(11-15)21-13-14(2)3/h6-8,11,14H,5,9-10,12-13H2,1-4H3,(H2,18,19,20). The summed E-state index contributed by atoms with van der Waals surface area (Å²) in [6.07, 6.45) is 2.11. The molecule has 0 atom stereocenters. The minimum absolute atomic E-state index is 0.530. The van der Waals surface area contributed by atoms with Crippen molar-refractivity contribution in [1.29, 1.82) is 0 Å². The van der Waals surface area contributed by atoms with E-state index < -0.39 is 0 Å². The molecule has 1 aromatic rings. The smallest absolute Gasteiger partial charge is 0.191 e. The quantitative estimate of drug-likeness (QED) is 0.416. The molecule has 22 heavy (non-hydrogen) atoms. The van der Waals surface area contributed by atoms with Crippen LogP contribution < -0.4 is 15.4 Å². The molecule has 4 nitrogen and oxygen atoms in total. The molecule has 0 aliphatic heterocycles. The van der Waals surface area contributed by atoms with Gasteiger partial charge in [0.25, 0.3) is 0 Å². The average Bonchev–Trinajstić information content (AvgIpc) is 2.51. The Labute approximate surface area is 139 Å². The third-order valence-corrected chi connectivity index (χ3v) is 3.46. The van der Waals surface area contributed by atoms with Gasteiger partial charge in [-0.2, -0.15) is 11.8 Å². The molecule has 1 aromatic carbocycles. The van der Waals surface area contributed by atoms with Gasteiger partial charge in [-0.15, -0.1) is 0 Å². The second kappa shape index (κ2) is 11.2. The van der Waals surface area contributed by atoms with Crippen LogP contribution in [-0.4, -0.2) is 37.7 Å². The topological polar surface area (TPSA) is 45.7 Å². The van der Waals surface area contributed by atoms with Crippen LogP contribution in [0, 0.1) is 5.92 Å². The van der Waals surface area contributed by atoms with Gasteiger partial charge < -0.3 is 15.4 Å². The number of ether oxygens (including phenoxy) is 1. The van der Waals surface area contributed by atoms with Gasteiger partial charge in [-0.05, 0) is 36.8 Å². The van der Waals surface area contributed by atoms with Gasteiger partial charge in [0.2, 0.25) is 0 Å². The lowest BCUT2D eigenvalue weighted by atomic mass is 10.2. The highest BCUT2D eigenvalue weighted by molar-refractivity contribution is 7.98. The number of hydrogen-bond acceptors (Lipinski definition) is 3. The number of aliphatic imine (C=N–C) groups is 1. The van der Waals surface area contributed by atoms with Crippen LogP contribution >= 0.6 is 11.8 Å². The zero-order valence-electron chi connectivity index (χ0n) is 14.2. The summed E-state index contributed by atoms with van der Waals surface area (Å²) in [6.45, 7) is 9.55. The van der Waals surface area contributed by atoms with Crippen molar-refractivity contribution in [2.75, 3.05) is 31.7 Å². The lowest BCUT2D eigenvalue weighted by Gasteiger charge is -2.11. The molecular formula is C17H29N3OS. The Kier molecular flexibility index (Phi) is 9.55. The first-order valence-corrected chi connectivity index (χ1v) is 9.28. The van der Waals surface area contributed by atoms with Gasteiger partial charge in [0.05, 0.1) is 13.2 Å². The third kappa shape index (κ3) is 8.17. The Balaban J connectivity index is 2.58. The summed E-state index contributed by atoms with van der Waals surface area (Å²) >= 11 is 1.82. The van der Waals surface area contributed by atoms with Crippen molar-refractivity contribution in [3.63, 3.8) is 0 Å². The molecule has 124 valence electrons. The number of guanidine groups is 1. The van der Waals surface area contributed by atoms with Gasteiger partial charge >= 0.3 is 0 Å². The maximum atomic E-state index is 5.76. The molecular weight excluding hydrogens is 294 g/mol. The SMILES string of the molecule is CCNC(=NCc1cccc(OCC(C)C)c1)NCCSC. The highest BCUT2D eigenvalue weighted by Gasteiger charge is 2.00. The number of rotatable bonds is 9. The van der Waals surface area contributed by atoms with Crippen LogP contribution in [0.1, 0.15) is 26.3 Å². The van der Waals surface area contributed by atoms with Crippen molar-refractivity contribution >= 4 is 17.7 Å². The summed E-state index contributed by atoms with van der Waals surface area (Å²) in [5.74, 6) is 3.39. The van der Waals surface area contributed by atoms with Crippen LogP contribution in [0.4, 0.5) is 0 Å². The number of nitrogens with one attached hydrogen (secondary N) is 2. The second-order valence-corrected chi connectivity index (χ2v) is 6.45. The molecule has 0 heterocycles. The van der Waals surface area contributed by atoms with Crippen LogP contribution in [0.5, 0.6) is 5.75 Å². The number of thioether (sulfide) groups is 1. The zero-order valence-corrected chi connectivity index (χ0v) is 15.0. The molecule has 0 saturated heterocycles. The maximum absolute atomic E-state index is 5.76. The predicted octanol–water partition coefficient (Wildman–Crippen LogP) is 3.14. The first kappa shape index (κ1) is 18.7. The molecule has 0 radical (unpaired) electrons. The number of hydrogen-bond donors (Lipinski definition) is 2. The van der Waals surface area contributed by atoms with Gasteiger partial charge in [0.1, 0.15) is 5.75 Å². The fraction of sp³-hybridized carbons (Fsp3) is 0.588. The molecule has 1 rings (SSSR count). The van der Waals surface area contributed by atoms with E-state index in [1.807, 2.05) is 23.9 Å². The zero-order chi connectivity index (χ0) is 16.2. The van der Waals surface area contributed by atoms with E-state index in [-0.39, 0.29) is 0 Å². The van der Waals surface area contributed by atoms with E-state index >= 15 is 0 Å². The predicted molar refractivity (Wildman–Crippen MR) is 98.0 cm³/mol. The molecule has 0 saturated carbocycles.